The molecule has 2 heterocycles. The van der Waals surface area contributed by atoms with E-state index < -0.39 is 11.8 Å². The second-order valence-electron chi connectivity index (χ2n) is 6.44. The van der Waals surface area contributed by atoms with Gasteiger partial charge in [-0.15, -0.1) is 0 Å². The Morgan fingerprint density at radius 1 is 1.32 bits per heavy atom. The van der Waals surface area contributed by atoms with Gasteiger partial charge in [0.15, 0.2) is 5.65 Å². The molecule has 0 saturated heterocycles. The smallest absolute Gasteiger partial charge is 0.381 e. The SMILES string of the molecule is CCOC(=O)C(=O)c1c(C)nc2cnc(CC(C)(C)C)cn12. The predicted molar refractivity (Wildman–Crippen MR) is 81.8 cm³/mol. The van der Waals surface area contributed by atoms with Crippen LogP contribution in [0.2, 0.25) is 0 Å². The highest BCUT2D eigenvalue weighted by Gasteiger charge is 2.25. The van der Waals surface area contributed by atoms with Crippen LogP contribution in [0.25, 0.3) is 5.65 Å². The molecule has 0 spiro atoms. The minimum absolute atomic E-state index is 0.0710. The molecule has 6 heteroatoms. The second-order valence-corrected chi connectivity index (χ2v) is 6.44. The van der Waals surface area contributed by atoms with Crippen molar-refractivity contribution in [3.63, 3.8) is 0 Å². The van der Waals surface area contributed by atoms with Gasteiger partial charge < -0.3 is 4.74 Å². The van der Waals surface area contributed by atoms with Crippen LogP contribution in [-0.2, 0) is 16.0 Å². The minimum Gasteiger partial charge on any atom is -0.460 e. The fourth-order valence-corrected chi connectivity index (χ4v) is 2.31. The van der Waals surface area contributed by atoms with E-state index in [2.05, 4.69) is 30.7 Å². The maximum Gasteiger partial charge on any atom is 0.381 e. The van der Waals surface area contributed by atoms with E-state index in [-0.39, 0.29) is 17.7 Å². The van der Waals surface area contributed by atoms with Crippen molar-refractivity contribution in [2.24, 2.45) is 5.41 Å². The Hall–Kier alpha value is -2.24. The van der Waals surface area contributed by atoms with Crippen LogP contribution in [0.4, 0.5) is 0 Å². The number of nitrogens with zero attached hydrogens (tertiary/aromatic N) is 3. The molecule has 0 saturated carbocycles. The summed E-state index contributed by atoms with van der Waals surface area (Å²) < 4.78 is 6.42. The normalized spacial score (nSPS) is 11.7. The highest BCUT2D eigenvalue weighted by Crippen LogP contribution is 2.20. The van der Waals surface area contributed by atoms with Crippen molar-refractivity contribution < 1.29 is 14.3 Å². The van der Waals surface area contributed by atoms with Crippen LogP contribution in [0.1, 0.15) is 49.6 Å². The molecule has 0 bridgehead atoms. The van der Waals surface area contributed by atoms with Crippen molar-refractivity contribution in [3.05, 3.63) is 29.5 Å². The highest BCUT2D eigenvalue weighted by atomic mass is 16.5. The van der Waals surface area contributed by atoms with E-state index in [4.69, 9.17) is 4.74 Å². The van der Waals surface area contributed by atoms with E-state index in [0.29, 0.717) is 11.3 Å². The average Bonchev–Trinajstić information content (AvgIpc) is 2.71. The zero-order chi connectivity index (χ0) is 16.5. The van der Waals surface area contributed by atoms with Crippen molar-refractivity contribution in [1.82, 2.24) is 14.4 Å². The molecule has 0 unspecified atom stereocenters. The molecule has 0 aliphatic carbocycles. The first-order valence-corrected chi connectivity index (χ1v) is 7.28. The van der Waals surface area contributed by atoms with Gasteiger partial charge in [0.05, 0.1) is 24.2 Å². The number of carbonyl (C=O) groups excluding carboxylic acids is 2. The zero-order valence-electron chi connectivity index (χ0n) is 13.6. The van der Waals surface area contributed by atoms with Crippen LogP contribution in [0.15, 0.2) is 12.4 Å². The van der Waals surface area contributed by atoms with E-state index in [1.165, 1.54) is 0 Å². The Balaban J connectivity index is 2.49. The maximum absolute atomic E-state index is 12.3. The molecular formula is C16H21N3O3. The van der Waals surface area contributed by atoms with Crippen molar-refractivity contribution in [2.75, 3.05) is 6.61 Å². The van der Waals surface area contributed by atoms with Crippen LogP contribution >= 0.6 is 0 Å². The number of carbonyl (C=O) groups is 2. The third kappa shape index (κ3) is 3.32. The molecule has 2 aromatic heterocycles. The molecule has 2 rings (SSSR count). The summed E-state index contributed by atoms with van der Waals surface area (Å²) in [6.07, 6.45) is 4.15. The Bertz CT molecular complexity index is 726. The zero-order valence-corrected chi connectivity index (χ0v) is 13.6. The van der Waals surface area contributed by atoms with Gasteiger partial charge >= 0.3 is 5.97 Å². The lowest BCUT2D eigenvalue weighted by atomic mass is 9.91. The molecule has 0 radical (unpaired) electrons. The Kier molecular flexibility index (Phi) is 4.30. The average molecular weight is 303 g/mol. The van der Waals surface area contributed by atoms with Crippen molar-refractivity contribution in [1.29, 1.82) is 0 Å². The number of ketones is 1. The maximum atomic E-state index is 12.3. The molecular weight excluding hydrogens is 282 g/mol. The van der Waals surface area contributed by atoms with E-state index in [1.807, 2.05) is 0 Å². The van der Waals surface area contributed by atoms with Crippen LogP contribution in [-0.4, -0.2) is 32.7 Å². The summed E-state index contributed by atoms with van der Waals surface area (Å²) in [7, 11) is 0. The number of esters is 1. The van der Waals surface area contributed by atoms with Crippen LogP contribution < -0.4 is 0 Å². The summed E-state index contributed by atoms with van der Waals surface area (Å²) in [4.78, 5) is 32.7. The van der Waals surface area contributed by atoms with Crippen LogP contribution in [0, 0.1) is 12.3 Å². The van der Waals surface area contributed by atoms with Gasteiger partial charge in [0, 0.05) is 6.20 Å². The second kappa shape index (κ2) is 5.87. The summed E-state index contributed by atoms with van der Waals surface area (Å²) in [6.45, 7) is 9.87. The van der Waals surface area contributed by atoms with Crippen LogP contribution in [0.3, 0.4) is 0 Å². The summed E-state index contributed by atoms with van der Waals surface area (Å²) in [5.41, 5.74) is 2.19. The molecule has 6 nitrogen and oxygen atoms in total. The Morgan fingerprint density at radius 2 is 2.00 bits per heavy atom. The molecule has 0 fully saturated rings. The molecule has 22 heavy (non-hydrogen) atoms. The first-order valence-electron chi connectivity index (χ1n) is 7.28. The molecule has 0 aliphatic rings. The summed E-state index contributed by atoms with van der Waals surface area (Å²) in [6, 6.07) is 0. The number of fused-ring (bicyclic) bond motifs is 1. The van der Waals surface area contributed by atoms with E-state index in [1.54, 1.807) is 30.6 Å². The van der Waals surface area contributed by atoms with Crippen molar-refractivity contribution in [3.8, 4) is 0 Å². The van der Waals surface area contributed by atoms with Gasteiger partial charge in [0.25, 0.3) is 5.78 Å². The standard InChI is InChI=1S/C16H21N3O3/c1-6-22-15(21)14(20)13-10(2)18-12-8-17-11(9-19(12)13)7-16(3,4)5/h8-9H,6-7H2,1-5H3. The Morgan fingerprint density at radius 3 is 2.59 bits per heavy atom. The highest BCUT2D eigenvalue weighted by molar-refractivity contribution is 6.40. The van der Waals surface area contributed by atoms with E-state index in [9.17, 15) is 9.59 Å². The van der Waals surface area contributed by atoms with E-state index in [0.717, 1.165) is 12.1 Å². The summed E-state index contributed by atoms with van der Waals surface area (Å²) >= 11 is 0. The van der Waals surface area contributed by atoms with Gasteiger partial charge in [-0.25, -0.2) is 9.78 Å². The van der Waals surface area contributed by atoms with Gasteiger partial charge in [-0.05, 0) is 25.7 Å². The number of ether oxygens (including phenoxy) is 1. The molecule has 2 aromatic rings. The summed E-state index contributed by atoms with van der Waals surface area (Å²) in [5.74, 6) is -1.54. The number of hydrogen-bond donors (Lipinski definition) is 0. The minimum atomic E-state index is -0.860. The lowest BCUT2D eigenvalue weighted by molar-refractivity contribution is -0.137. The number of rotatable bonds is 4. The van der Waals surface area contributed by atoms with Gasteiger partial charge in [-0.3, -0.25) is 14.2 Å². The molecule has 0 amide bonds. The number of aromatic nitrogens is 3. The lowest BCUT2D eigenvalue weighted by Gasteiger charge is -2.17. The number of hydrogen-bond acceptors (Lipinski definition) is 5. The quantitative estimate of drug-likeness (QED) is 0.492. The fraction of sp³-hybridized carbons (Fsp3) is 0.500. The molecule has 118 valence electrons. The van der Waals surface area contributed by atoms with Gasteiger partial charge in [0.2, 0.25) is 0 Å². The number of imidazole rings is 1. The van der Waals surface area contributed by atoms with Gasteiger partial charge in [-0.1, -0.05) is 20.8 Å². The number of aryl methyl sites for hydroxylation is 1. The van der Waals surface area contributed by atoms with Crippen molar-refractivity contribution >= 4 is 17.4 Å². The monoisotopic (exact) mass is 303 g/mol. The molecule has 0 atom stereocenters. The van der Waals surface area contributed by atoms with Gasteiger partial charge in [-0.2, -0.15) is 0 Å². The van der Waals surface area contributed by atoms with Gasteiger partial charge in [0.1, 0.15) is 5.69 Å². The van der Waals surface area contributed by atoms with Crippen molar-refractivity contribution in [2.45, 2.75) is 41.0 Å². The first kappa shape index (κ1) is 16.1. The predicted octanol–water partition coefficient (Wildman–Crippen LogP) is 2.37. The largest absolute Gasteiger partial charge is 0.460 e. The fourth-order valence-electron chi connectivity index (χ4n) is 2.31. The van der Waals surface area contributed by atoms with E-state index >= 15 is 0 Å². The number of Topliss-reactive ketones (excluding diaryl/α,β-unsaturated/α-hetero) is 1. The Labute approximate surface area is 129 Å². The van der Waals surface area contributed by atoms with Crippen LogP contribution in [0.5, 0.6) is 0 Å². The first-order chi connectivity index (χ1) is 10.2. The topological polar surface area (TPSA) is 73.6 Å². The molecule has 0 aliphatic heterocycles. The summed E-state index contributed by atoms with van der Waals surface area (Å²) in [5, 5.41) is 0. The third-order valence-electron chi connectivity index (χ3n) is 3.12. The molecule has 0 N–H and O–H groups in total. The molecule has 0 aromatic carbocycles. The lowest BCUT2D eigenvalue weighted by Crippen LogP contribution is -2.20. The third-order valence-corrected chi connectivity index (χ3v) is 3.12.